The highest BCUT2D eigenvalue weighted by Gasteiger charge is 2.30. The number of rotatable bonds is 13. The van der Waals surface area contributed by atoms with Crippen molar-refractivity contribution in [2.45, 2.75) is 24.9 Å². The Bertz CT molecular complexity index is 1900. The summed E-state index contributed by atoms with van der Waals surface area (Å²) < 4.78 is 60.3. The molecule has 0 aliphatic carbocycles. The number of halogens is 6. The van der Waals surface area contributed by atoms with E-state index in [4.69, 9.17) is 23.2 Å². The van der Waals surface area contributed by atoms with Gasteiger partial charge in [0, 0.05) is 25.1 Å². The van der Waals surface area contributed by atoms with Crippen molar-refractivity contribution in [1.82, 2.24) is 9.88 Å². The molecule has 16 heteroatoms. The van der Waals surface area contributed by atoms with E-state index in [1.165, 1.54) is 36.5 Å². The molecule has 10 nitrogen and oxygen atoms in total. The Kier molecular flexibility index (Phi) is 11.6. The molecule has 48 heavy (non-hydrogen) atoms. The zero-order valence-electron chi connectivity index (χ0n) is 24.3. The number of hydrogen-bond donors (Lipinski definition) is 3. The van der Waals surface area contributed by atoms with Crippen LogP contribution in [0.1, 0.15) is 28.4 Å². The van der Waals surface area contributed by atoms with Gasteiger partial charge in [-0.2, -0.15) is 8.78 Å². The number of Topliss-reactive ketones (excluding diaryl/α,β-unsaturated/α-hetero) is 1. The van der Waals surface area contributed by atoms with Crippen molar-refractivity contribution in [3.05, 3.63) is 128 Å². The fraction of sp³-hybridized carbons (Fsp3) is 0.156. The largest absolute Gasteiger partial charge is 0.480 e. The van der Waals surface area contributed by atoms with Crippen LogP contribution in [0, 0.1) is 23.3 Å². The van der Waals surface area contributed by atoms with Gasteiger partial charge in [0.25, 0.3) is 11.5 Å². The minimum absolute atomic E-state index is 0.00983. The Labute approximate surface area is 278 Å². The predicted molar refractivity (Wildman–Crippen MR) is 165 cm³/mol. The Balaban J connectivity index is 1.58. The number of amides is 2. The number of carbonyl (C=O) groups excluding carboxylic acids is 3. The van der Waals surface area contributed by atoms with E-state index >= 15 is 0 Å². The van der Waals surface area contributed by atoms with E-state index in [2.05, 4.69) is 15.4 Å². The first-order chi connectivity index (χ1) is 22.8. The van der Waals surface area contributed by atoms with Crippen molar-refractivity contribution in [2.75, 3.05) is 11.9 Å². The maximum Gasteiger partial charge on any atom is 0.326 e. The first-order valence-electron chi connectivity index (χ1n) is 13.8. The van der Waals surface area contributed by atoms with Crippen molar-refractivity contribution in [3.63, 3.8) is 0 Å². The van der Waals surface area contributed by atoms with E-state index in [-0.39, 0.29) is 33.8 Å². The van der Waals surface area contributed by atoms with Crippen LogP contribution in [-0.2, 0) is 20.8 Å². The molecular weight excluding hydrogens is 685 g/mol. The summed E-state index contributed by atoms with van der Waals surface area (Å²) in [7, 11) is 0. The van der Waals surface area contributed by atoms with Crippen LogP contribution in [0.15, 0.2) is 77.7 Å². The smallest absolute Gasteiger partial charge is 0.326 e. The number of nitrogens with zero attached hydrogens (tertiary/aromatic N) is 1. The number of ether oxygens (including phenoxy) is 1. The van der Waals surface area contributed by atoms with Crippen molar-refractivity contribution < 1.29 is 46.6 Å². The van der Waals surface area contributed by atoms with Gasteiger partial charge in [-0.05, 0) is 29.8 Å². The molecular formula is C32H23Cl2F4N3O7. The third-order valence-corrected chi connectivity index (χ3v) is 7.45. The fourth-order valence-corrected chi connectivity index (χ4v) is 5.06. The number of pyridine rings is 1. The highest BCUT2D eigenvalue weighted by Crippen LogP contribution is 2.27. The average Bonchev–Trinajstić information content (AvgIpc) is 3.04. The molecule has 0 aliphatic heterocycles. The lowest BCUT2D eigenvalue weighted by Crippen LogP contribution is -2.47. The lowest BCUT2D eigenvalue weighted by atomic mass is 10.0. The van der Waals surface area contributed by atoms with Gasteiger partial charge < -0.3 is 25.0 Å². The number of aliphatic carboxylic acids is 1. The number of ketones is 1. The summed E-state index contributed by atoms with van der Waals surface area (Å²) in [5.41, 5.74) is -0.711. The predicted octanol–water partition coefficient (Wildman–Crippen LogP) is 5.36. The van der Waals surface area contributed by atoms with Crippen LogP contribution in [0.4, 0.5) is 23.2 Å². The van der Waals surface area contributed by atoms with Gasteiger partial charge in [-0.15, -0.1) is 0 Å². The Morgan fingerprint density at radius 3 is 2.10 bits per heavy atom. The summed E-state index contributed by atoms with van der Waals surface area (Å²) in [5, 5.41) is 14.3. The Morgan fingerprint density at radius 2 is 1.50 bits per heavy atom. The molecule has 3 N–H and O–H groups in total. The highest BCUT2D eigenvalue weighted by molar-refractivity contribution is 6.40. The summed E-state index contributed by atoms with van der Waals surface area (Å²) in [4.78, 5) is 64.7. The summed E-state index contributed by atoms with van der Waals surface area (Å²) in [5.74, 6) is -13.6. The molecule has 0 unspecified atom stereocenters. The zero-order valence-corrected chi connectivity index (χ0v) is 25.8. The van der Waals surface area contributed by atoms with Gasteiger partial charge in [-0.3, -0.25) is 19.2 Å². The van der Waals surface area contributed by atoms with Gasteiger partial charge in [0.05, 0.1) is 15.6 Å². The van der Waals surface area contributed by atoms with Gasteiger partial charge in [-0.1, -0.05) is 59.6 Å². The minimum Gasteiger partial charge on any atom is -0.480 e. The number of aromatic nitrogens is 1. The second-order valence-corrected chi connectivity index (χ2v) is 10.9. The van der Waals surface area contributed by atoms with E-state index < -0.39 is 83.3 Å². The van der Waals surface area contributed by atoms with Gasteiger partial charge >= 0.3 is 5.97 Å². The van der Waals surface area contributed by atoms with E-state index in [1.807, 2.05) is 0 Å². The number of carbonyl (C=O) groups is 4. The summed E-state index contributed by atoms with van der Waals surface area (Å²) in [6, 6.07) is 11.8. The summed E-state index contributed by atoms with van der Waals surface area (Å²) in [6.45, 7) is -1.21. The molecule has 2 amide bonds. The highest BCUT2D eigenvalue weighted by atomic mass is 35.5. The molecule has 0 bridgehead atoms. The lowest BCUT2D eigenvalue weighted by molar-refractivity contribution is -0.144. The molecule has 1 heterocycles. The van der Waals surface area contributed by atoms with Crippen molar-refractivity contribution >= 4 is 52.5 Å². The van der Waals surface area contributed by atoms with E-state index in [9.17, 15) is 46.6 Å². The van der Waals surface area contributed by atoms with Gasteiger partial charge in [0.15, 0.2) is 23.2 Å². The molecule has 0 radical (unpaired) electrons. The Morgan fingerprint density at radius 1 is 0.875 bits per heavy atom. The maximum atomic E-state index is 13.9. The SMILES string of the molecule is O=C(COc1c(F)c(F)cc(F)c1F)C[C@H](NC(=O)[C@H](Cc1ccccc1)n1cccc(NC(=O)c2c(Cl)cccc2Cl)c1=O)C(=O)O. The third kappa shape index (κ3) is 8.38. The number of carboxylic acids is 1. The third-order valence-electron chi connectivity index (χ3n) is 6.82. The number of nitrogens with one attached hydrogen (secondary N) is 2. The van der Waals surface area contributed by atoms with Crippen molar-refractivity contribution in [2.24, 2.45) is 0 Å². The monoisotopic (exact) mass is 707 g/mol. The molecule has 0 saturated carbocycles. The molecule has 0 spiro atoms. The van der Waals surface area contributed by atoms with Crippen molar-refractivity contribution in [1.29, 1.82) is 0 Å². The fourth-order valence-electron chi connectivity index (χ4n) is 4.49. The summed E-state index contributed by atoms with van der Waals surface area (Å²) in [6.07, 6.45) is 0.0841. The van der Waals surface area contributed by atoms with Crippen LogP contribution in [0.2, 0.25) is 10.0 Å². The van der Waals surface area contributed by atoms with E-state index in [0.29, 0.717) is 5.56 Å². The van der Waals surface area contributed by atoms with Crippen LogP contribution >= 0.6 is 23.2 Å². The van der Waals surface area contributed by atoms with E-state index in [0.717, 1.165) is 4.57 Å². The molecule has 0 aliphatic rings. The molecule has 0 saturated heterocycles. The Hall–Kier alpha value is -5.21. The maximum absolute atomic E-state index is 13.9. The summed E-state index contributed by atoms with van der Waals surface area (Å²) >= 11 is 12.2. The van der Waals surface area contributed by atoms with Gasteiger partial charge in [-0.25, -0.2) is 13.6 Å². The molecule has 4 rings (SSSR count). The topological polar surface area (TPSA) is 144 Å². The van der Waals surface area contributed by atoms with Crippen LogP contribution in [0.5, 0.6) is 5.75 Å². The van der Waals surface area contributed by atoms with Crippen LogP contribution in [0.3, 0.4) is 0 Å². The molecule has 1 aromatic heterocycles. The molecule has 0 fully saturated rings. The quantitative estimate of drug-likeness (QED) is 0.125. The number of carboxylic acid groups (broad SMARTS) is 1. The van der Waals surface area contributed by atoms with E-state index in [1.54, 1.807) is 30.3 Å². The van der Waals surface area contributed by atoms with Gasteiger partial charge in [0.2, 0.25) is 17.5 Å². The standard InChI is InChI=1S/C32H23Cl2F4N3O7/c33-18-8-4-9-19(34)25(18)30(44)39-22-10-5-11-41(31(22)45)24(12-16-6-2-1-3-7-16)29(43)40-23(32(46)47)13-17(42)15-48-28-26(37)20(35)14-21(36)27(28)38/h1-11,14,23-24H,12-13,15H2,(H,39,44)(H,40,43)(H,46,47)/t23-,24-/m0/s1. The van der Waals surface area contributed by atoms with Crippen LogP contribution in [0.25, 0.3) is 0 Å². The first kappa shape index (κ1) is 35.6. The number of benzene rings is 3. The lowest BCUT2D eigenvalue weighted by Gasteiger charge is -2.23. The van der Waals surface area contributed by atoms with Crippen LogP contribution in [-0.4, -0.2) is 45.9 Å². The average molecular weight is 708 g/mol. The second kappa shape index (κ2) is 15.6. The minimum atomic E-state index is -1.94. The van der Waals surface area contributed by atoms with Gasteiger partial charge in [0.1, 0.15) is 24.4 Å². The molecule has 250 valence electrons. The number of hydrogen-bond acceptors (Lipinski definition) is 6. The van der Waals surface area contributed by atoms with Crippen LogP contribution < -0.4 is 20.9 Å². The normalized spacial score (nSPS) is 12.1. The zero-order chi connectivity index (χ0) is 35.1. The molecule has 4 aromatic rings. The molecule has 3 aromatic carbocycles. The molecule has 2 atom stereocenters. The van der Waals surface area contributed by atoms with Crippen molar-refractivity contribution in [3.8, 4) is 5.75 Å². The number of anilines is 1. The first-order valence-corrected chi connectivity index (χ1v) is 14.5. The second-order valence-electron chi connectivity index (χ2n) is 10.1.